The van der Waals surface area contributed by atoms with Crippen LogP contribution >= 0.6 is 0 Å². The highest BCUT2D eigenvalue weighted by molar-refractivity contribution is 5.86. The van der Waals surface area contributed by atoms with E-state index in [9.17, 15) is 0 Å². The van der Waals surface area contributed by atoms with Gasteiger partial charge in [0.15, 0.2) is 0 Å². The molecule has 0 aliphatic heterocycles. The normalized spacial score (nSPS) is 11.3. The van der Waals surface area contributed by atoms with E-state index < -0.39 is 0 Å². The molecule has 0 aliphatic carbocycles. The number of benzene rings is 2. The van der Waals surface area contributed by atoms with E-state index >= 15 is 0 Å². The summed E-state index contributed by atoms with van der Waals surface area (Å²) in [5, 5.41) is 1.22. The van der Waals surface area contributed by atoms with Crippen LogP contribution in [0.5, 0.6) is 5.75 Å². The van der Waals surface area contributed by atoms with Crippen LogP contribution in [0.2, 0.25) is 0 Å². The number of aliphatic imine (C=N–C) groups is 1. The smallest absolute Gasteiger partial charge is 0.121 e. The average molecular weight is 278 g/mol. The van der Waals surface area contributed by atoms with Gasteiger partial charge in [0.25, 0.3) is 0 Å². The molecule has 0 spiro atoms. The fourth-order valence-electron chi connectivity index (χ4n) is 2.35. The fraction of sp³-hybridized carbons (Fsp3) is 0.167. The molecule has 0 saturated carbocycles. The third kappa shape index (κ3) is 3.14. The number of rotatable bonds is 5. The molecule has 21 heavy (non-hydrogen) atoms. The SMILES string of the molecule is C/N=C\Cc1c[nH]c2cc(OCc3ccccc3)ccc12. The van der Waals surface area contributed by atoms with Crippen LogP contribution in [0.25, 0.3) is 10.9 Å². The molecule has 0 atom stereocenters. The Labute approximate surface area is 124 Å². The molecule has 0 radical (unpaired) electrons. The van der Waals surface area contributed by atoms with Gasteiger partial charge in [0.05, 0.1) is 0 Å². The summed E-state index contributed by atoms with van der Waals surface area (Å²) in [5.41, 5.74) is 3.52. The average Bonchev–Trinajstić information content (AvgIpc) is 2.94. The molecule has 106 valence electrons. The van der Waals surface area contributed by atoms with Crippen molar-refractivity contribution in [3.63, 3.8) is 0 Å². The molecule has 3 rings (SSSR count). The lowest BCUT2D eigenvalue weighted by Crippen LogP contribution is -1.94. The number of nitrogens with zero attached hydrogens (tertiary/aromatic N) is 1. The lowest BCUT2D eigenvalue weighted by molar-refractivity contribution is 0.306. The second-order valence-electron chi connectivity index (χ2n) is 4.94. The van der Waals surface area contributed by atoms with E-state index in [1.165, 1.54) is 16.5 Å². The lowest BCUT2D eigenvalue weighted by Gasteiger charge is -2.06. The first-order chi connectivity index (χ1) is 10.4. The zero-order valence-corrected chi connectivity index (χ0v) is 12.0. The van der Waals surface area contributed by atoms with Crippen LogP contribution in [0.1, 0.15) is 11.1 Å². The number of aromatic nitrogens is 1. The van der Waals surface area contributed by atoms with Gasteiger partial charge in [-0.15, -0.1) is 0 Å². The van der Waals surface area contributed by atoms with Gasteiger partial charge in [0.2, 0.25) is 0 Å². The molecule has 0 saturated heterocycles. The molecule has 3 heteroatoms. The molecule has 1 heterocycles. The molecule has 3 aromatic rings. The van der Waals surface area contributed by atoms with Gasteiger partial charge >= 0.3 is 0 Å². The summed E-state index contributed by atoms with van der Waals surface area (Å²) in [7, 11) is 1.80. The summed E-state index contributed by atoms with van der Waals surface area (Å²) in [6, 6.07) is 16.4. The monoisotopic (exact) mass is 278 g/mol. The van der Waals surface area contributed by atoms with Crippen molar-refractivity contribution < 1.29 is 4.74 Å². The fourth-order valence-corrected chi connectivity index (χ4v) is 2.35. The summed E-state index contributed by atoms with van der Waals surface area (Å²) in [6.45, 7) is 0.586. The molecule has 0 unspecified atom stereocenters. The zero-order valence-electron chi connectivity index (χ0n) is 12.0. The Morgan fingerprint density at radius 1 is 1.14 bits per heavy atom. The van der Waals surface area contributed by atoms with Crippen LogP contribution < -0.4 is 4.74 Å². The van der Waals surface area contributed by atoms with E-state index in [1.807, 2.05) is 42.7 Å². The standard InChI is InChI=1S/C18H18N2O/c1-19-10-9-15-12-20-18-11-16(7-8-17(15)18)21-13-14-5-3-2-4-6-14/h2-8,10-12,20H,9,13H2,1H3/b19-10-. The highest BCUT2D eigenvalue weighted by Crippen LogP contribution is 2.24. The maximum atomic E-state index is 5.84. The molecule has 0 fully saturated rings. The van der Waals surface area contributed by atoms with Crippen molar-refractivity contribution in [1.82, 2.24) is 4.98 Å². The Balaban J connectivity index is 1.75. The first-order valence-corrected chi connectivity index (χ1v) is 7.04. The van der Waals surface area contributed by atoms with Crippen LogP contribution in [0.15, 0.2) is 59.7 Å². The second-order valence-corrected chi connectivity index (χ2v) is 4.94. The first kappa shape index (κ1) is 13.4. The highest BCUT2D eigenvalue weighted by Gasteiger charge is 2.04. The largest absolute Gasteiger partial charge is 0.489 e. The van der Waals surface area contributed by atoms with Gasteiger partial charge in [-0.3, -0.25) is 0 Å². The Morgan fingerprint density at radius 2 is 2.00 bits per heavy atom. The number of hydrogen-bond acceptors (Lipinski definition) is 2. The predicted octanol–water partition coefficient (Wildman–Crippen LogP) is 3.99. The van der Waals surface area contributed by atoms with Gasteiger partial charge in [-0.25, -0.2) is 0 Å². The molecule has 3 nitrogen and oxygen atoms in total. The quantitative estimate of drug-likeness (QED) is 0.704. The molecular weight excluding hydrogens is 260 g/mol. The van der Waals surface area contributed by atoms with Crippen molar-refractivity contribution in [1.29, 1.82) is 0 Å². The molecule has 1 aromatic heterocycles. The van der Waals surface area contributed by atoms with Crippen LogP contribution in [-0.2, 0) is 13.0 Å². The predicted molar refractivity (Wildman–Crippen MR) is 87.2 cm³/mol. The third-order valence-corrected chi connectivity index (χ3v) is 3.48. The molecule has 0 bridgehead atoms. The van der Waals surface area contributed by atoms with Crippen LogP contribution in [0, 0.1) is 0 Å². The van der Waals surface area contributed by atoms with E-state index in [4.69, 9.17) is 4.74 Å². The maximum Gasteiger partial charge on any atom is 0.121 e. The maximum absolute atomic E-state index is 5.84. The van der Waals surface area contributed by atoms with E-state index in [-0.39, 0.29) is 0 Å². The summed E-state index contributed by atoms with van der Waals surface area (Å²) in [6.07, 6.45) is 4.80. The second kappa shape index (κ2) is 6.27. The van der Waals surface area contributed by atoms with Gasteiger partial charge in [-0.1, -0.05) is 30.3 Å². The third-order valence-electron chi connectivity index (χ3n) is 3.48. The van der Waals surface area contributed by atoms with E-state index in [0.29, 0.717) is 6.61 Å². The number of aromatic amines is 1. The van der Waals surface area contributed by atoms with Crippen LogP contribution in [0.4, 0.5) is 0 Å². The topological polar surface area (TPSA) is 37.4 Å². The number of fused-ring (bicyclic) bond motifs is 1. The minimum Gasteiger partial charge on any atom is -0.489 e. The summed E-state index contributed by atoms with van der Waals surface area (Å²) in [5.74, 6) is 0.879. The van der Waals surface area contributed by atoms with E-state index in [1.54, 1.807) is 7.05 Å². The molecule has 1 N–H and O–H groups in total. The van der Waals surface area contributed by atoms with Crippen molar-refractivity contribution >= 4 is 17.1 Å². The van der Waals surface area contributed by atoms with Crippen LogP contribution in [-0.4, -0.2) is 18.2 Å². The van der Waals surface area contributed by atoms with Crippen molar-refractivity contribution in [3.05, 3.63) is 65.9 Å². The lowest BCUT2D eigenvalue weighted by atomic mass is 10.1. The minimum atomic E-state index is 0.586. The Kier molecular flexibility index (Phi) is 4.01. The van der Waals surface area contributed by atoms with Gasteiger partial charge in [-0.2, -0.15) is 0 Å². The van der Waals surface area contributed by atoms with E-state index in [2.05, 4.69) is 28.2 Å². The van der Waals surface area contributed by atoms with Gasteiger partial charge in [0, 0.05) is 42.8 Å². The zero-order chi connectivity index (χ0) is 14.5. The number of ether oxygens (including phenoxy) is 1. The molecule has 0 aliphatic rings. The highest BCUT2D eigenvalue weighted by atomic mass is 16.5. The number of H-pyrrole nitrogens is 1. The van der Waals surface area contributed by atoms with Crippen molar-refractivity contribution in [2.45, 2.75) is 13.0 Å². The summed E-state index contributed by atoms with van der Waals surface area (Å²) < 4.78 is 5.84. The Bertz CT molecular complexity index is 744. The molecule has 2 aromatic carbocycles. The van der Waals surface area contributed by atoms with Gasteiger partial charge in [-0.05, 0) is 23.3 Å². The van der Waals surface area contributed by atoms with E-state index in [0.717, 1.165) is 17.7 Å². The van der Waals surface area contributed by atoms with Crippen molar-refractivity contribution in [2.75, 3.05) is 7.05 Å². The summed E-state index contributed by atoms with van der Waals surface area (Å²) >= 11 is 0. The van der Waals surface area contributed by atoms with Gasteiger partial charge in [0.1, 0.15) is 12.4 Å². The van der Waals surface area contributed by atoms with Crippen molar-refractivity contribution in [2.24, 2.45) is 4.99 Å². The first-order valence-electron chi connectivity index (χ1n) is 7.04. The Morgan fingerprint density at radius 3 is 2.81 bits per heavy atom. The number of hydrogen-bond donors (Lipinski definition) is 1. The van der Waals surface area contributed by atoms with Crippen LogP contribution in [0.3, 0.4) is 0 Å². The molecule has 0 amide bonds. The minimum absolute atomic E-state index is 0.586. The molecular formula is C18H18N2O. The van der Waals surface area contributed by atoms with Crippen molar-refractivity contribution in [3.8, 4) is 5.75 Å². The number of nitrogens with one attached hydrogen (secondary N) is 1. The van der Waals surface area contributed by atoms with Gasteiger partial charge < -0.3 is 14.7 Å². The Hall–Kier alpha value is -2.55. The summed E-state index contributed by atoms with van der Waals surface area (Å²) in [4.78, 5) is 7.33.